The number of thioether (sulfide) groups is 1. The fraction of sp³-hybridized carbons (Fsp3) is 0.250. The van der Waals surface area contributed by atoms with E-state index in [4.69, 9.17) is 16.3 Å². The van der Waals surface area contributed by atoms with Crippen molar-refractivity contribution in [1.82, 2.24) is 0 Å². The van der Waals surface area contributed by atoms with Crippen LogP contribution in [0.25, 0.3) is 0 Å². The Labute approximate surface area is 172 Å². The van der Waals surface area contributed by atoms with Crippen LogP contribution in [0.5, 0.6) is 0 Å². The van der Waals surface area contributed by atoms with E-state index in [1.54, 1.807) is 30.0 Å². The number of esters is 1. The van der Waals surface area contributed by atoms with Gasteiger partial charge in [0.2, 0.25) is 5.91 Å². The van der Waals surface area contributed by atoms with Gasteiger partial charge in [-0.25, -0.2) is 4.79 Å². The number of halogens is 1. The molecule has 1 N–H and O–H groups in total. The first kappa shape index (κ1) is 20.2. The molecule has 8 heteroatoms. The zero-order valence-corrected chi connectivity index (χ0v) is 16.8. The van der Waals surface area contributed by atoms with E-state index in [-0.39, 0.29) is 11.5 Å². The monoisotopic (exact) mass is 418 g/mol. The van der Waals surface area contributed by atoms with Crippen LogP contribution in [0.15, 0.2) is 47.4 Å². The molecule has 0 bridgehead atoms. The maximum atomic E-state index is 12.5. The Hall–Kier alpha value is -2.51. The Kier molecular flexibility index (Phi) is 6.59. The van der Waals surface area contributed by atoms with Crippen LogP contribution < -0.4 is 10.2 Å². The third kappa shape index (κ3) is 4.85. The molecular formula is C20H19ClN2O4S. The van der Waals surface area contributed by atoms with Crippen molar-refractivity contribution in [2.45, 2.75) is 17.7 Å². The number of carbonyl (C=O) groups is 3. The Morgan fingerprint density at radius 2 is 2.07 bits per heavy atom. The van der Waals surface area contributed by atoms with Gasteiger partial charge in [-0.1, -0.05) is 17.7 Å². The van der Waals surface area contributed by atoms with E-state index in [1.165, 1.54) is 11.0 Å². The molecule has 0 unspecified atom stereocenters. The number of nitrogens with zero attached hydrogens (tertiary/aromatic N) is 1. The number of rotatable bonds is 6. The van der Waals surface area contributed by atoms with Gasteiger partial charge in [-0.2, -0.15) is 0 Å². The minimum absolute atomic E-state index is 0.0669. The Morgan fingerprint density at radius 1 is 1.25 bits per heavy atom. The topological polar surface area (TPSA) is 75.7 Å². The molecular weight excluding hydrogens is 400 g/mol. The van der Waals surface area contributed by atoms with Gasteiger partial charge in [-0.05, 0) is 49.1 Å². The number of benzene rings is 2. The van der Waals surface area contributed by atoms with E-state index >= 15 is 0 Å². The molecule has 2 aromatic carbocycles. The van der Waals surface area contributed by atoms with Crippen LogP contribution in [0.3, 0.4) is 0 Å². The molecule has 1 aliphatic heterocycles. The van der Waals surface area contributed by atoms with Crippen LogP contribution in [-0.4, -0.2) is 37.2 Å². The lowest BCUT2D eigenvalue weighted by Crippen LogP contribution is -2.27. The molecule has 1 heterocycles. The highest BCUT2D eigenvalue weighted by atomic mass is 35.5. The minimum atomic E-state index is -0.681. The molecule has 0 saturated carbocycles. The van der Waals surface area contributed by atoms with Gasteiger partial charge in [0.1, 0.15) is 0 Å². The van der Waals surface area contributed by atoms with E-state index in [1.807, 2.05) is 24.5 Å². The molecule has 2 aromatic rings. The van der Waals surface area contributed by atoms with Crippen molar-refractivity contribution in [1.29, 1.82) is 0 Å². The maximum absolute atomic E-state index is 12.5. The van der Waals surface area contributed by atoms with Gasteiger partial charge in [0, 0.05) is 28.6 Å². The molecule has 28 heavy (non-hydrogen) atoms. The van der Waals surface area contributed by atoms with Gasteiger partial charge < -0.3 is 15.0 Å². The Bertz CT molecular complexity index is 919. The summed E-state index contributed by atoms with van der Waals surface area (Å²) in [5.41, 5.74) is 1.24. The summed E-state index contributed by atoms with van der Waals surface area (Å²) in [5.74, 6) is -1.19. The Morgan fingerprint density at radius 3 is 2.79 bits per heavy atom. The highest BCUT2D eigenvalue weighted by Crippen LogP contribution is 2.29. The minimum Gasteiger partial charge on any atom is -0.452 e. The second-order valence-corrected chi connectivity index (χ2v) is 7.48. The average molecular weight is 419 g/mol. The molecule has 1 fully saturated rings. The average Bonchev–Trinajstić information content (AvgIpc) is 3.12. The van der Waals surface area contributed by atoms with Crippen LogP contribution in [0.4, 0.5) is 11.4 Å². The van der Waals surface area contributed by atoms with Gasteiger partial charge in [0.25, 0.3) is 5.91 Å². The second-order valence-electron chi connectivity index (χ2n) is 6.17. The number of hydrogen-bond donors (Lipinski definition) is 1. The summed E-state index contributed by atoms with van der Waals surface area (Å²) in [6.07, 6.45) is 3.09. The van der Waals surface area contributed by atoms with Crippen molar-refractivity contribution in [3.05, 3.63) is 53.1 Å². The first-order valence-corrected chi connectivity index (χ1v) is 10.3. The number of ether oxygens (including phenoxy) is 1. The van der Waals surface area contributed by atoms with Crippen molar-refractivity contribution in [3.8, 4) is 0 Å². The van der Waals surface area contributed by atoms with Crippen LogP contribution in [0.2, 0.25) is 5.02 Å². The van der Waals surface area contributed by atoms with Crippen molar-refractivity contribution < 1.29 is 19.1 Å². The van der Waals surface area contributed by atoms with E-state index in [2.05, 4.69) is 5.32 Å². The summed E-state index contributed by atoms with van der Waals surface area (Å²) >= 11 is 7.60. The molecule has 6 nitrogen and oxygen atoms in total. The number of hydrogen-bond acceptors (Lipinski definition) is 5. The fourth-order valence-corrected chi connectivity index (χ4v) is 3.54. The molecule has 2 amide bonds. The summed E-state index contributed by atoms with van der Waals surface area (Å²) in [5, 5.41) is 3.11. The number of carbonyl (C=O) groups excluding carboxylic acids is 3. The molecule has 0 aromatic heterocycles. The molecule has 146 valence electrons. The summed E-state index contributed by atoms with van der Waals surface area (Å²) in [4.78, 5) is 39.2. The lowest BCUT2D eigenvalue weighted by atomic mass is 10.1. The smallest absolute Gasteiger partial charge is 0.340 e. The SMILES string of the molecule is CSc1cccc(NC(=O)COC(=O)c2ccc(Cl)cc2N2CCCC2=O)c1. The number of nitrogens with one attached hydrogen (secondary N) is 1. The van der Waals surface area contributed by atoms with Gasteiger partial charge in [0.15, 0.2) is 6.61 Å². The van der Waals surface area contributed by atoms with Crippen LogP contribution in [0.1, 0.15) is 23.2 Å². The number of anilines is 2. The van der Waals surface area contributed by atoms with Gasteiger partial charge >= 0.3 is 5.97 Å². The lowest BCUT2D eigenvalue weighted by molar-refractivity contribution is -0.119. The third-order valence-corrected chi connectivity index (χ3v) is 5.19. The van der Waals surface area contributed by atoms with E-state index in [0.29, 0.717) is 29.4 Å². The van der Waals surface area contributed by atoms with Gasteiger partial charge in [-0.15, -0.1) is 11.8 Å². The molecule has 0 radical (unpaired) electrons. The Balaban J connectivity index is 1.66. The van der Waals surface area contributed by atoms with E-state index in [9.17, 15) is 14.4 Å². The van der Waals surface area contributed by atoms with E-state index in [0.717, 1.165) is 11.3 Å². The zero-order valence-electron chi connectivity index (χ0n) is 15.2. The summed E-state index contributed by atoms with van der Waals surface area (Å²) < 4.78 is 5.16. The first-order chi connectivity index (χ1) is 13.5. The van der Waals surface area contributed by atoms with Crippen molar-refractivity contribution in [2.24, 2.45) is 0 Å². The predicted molar refractivity (Wildman–Crippen MR) is 110 cm³/mol. The van der Waals surface area contributed by atoms with Gasteiger partial charge in [-0.3, -0.25) is 9.59 Å². The second kappa shape index (κ2) is 9.12. The van der Waals surface area contributed by atoms with Gasteiger partial charge in [0.05, 0.1) is 11.3 Å². The predicted octanol–water partition coefficient (Wildman–Crippen LogP) is 3.98. The molecule has 0 spiro atoms. The largest absolute Gasteiger partial charge is 0.452 e. The first-order valence-electron chi connectivity index (χ1n) is 8.69. The molecule has 0 aliphatic carbocycles. The van der Waals surface area contributed by atoms with Crippen LogP contribution in [-0.2, 0) is 14.3 Å². The third-order valence-electron chi connectivity index (χ3n) is 4.23. The maximum Gasteiger partial charge on any atom is 0.340 e. The van der Waals surface area contributed by atoms with Crippen LogP contribution >= 0.6 is 23.4 Å². The zero-order chi connectivity index (χ0) is 20.1. The van der Waals surface area contributed by atoms with Crippen molar-refractivity contribution >= 4 is 52.5 Å². The molecule has 0 atom stereocenters. The van der Waals surface area contributed by atoms with Crippen molar-refractivity contribution in [2.75, 3.05) is 29.6 Å². The number of amides is 2. The van der Waals surface area contributed by atoms with E-state index < -0.39 is 18.5 Å². The fourth-order valence-electron chi connectivity index (χ4n) is 2.91. The highest BCUT2D eigenvalue weighted by Gasteiger charge is 2.27. The highest BCUT2D eigenvalue weighted by molar-refractivity contribution is 7.98. The molecule has 3 rings (SSSR count). The summed E-state index contributed by atoms with van der Waals surface area (Å²) in [6, 6.07) is 12.0. The molecule has 1 aliphatic rings. The summed E-state index contributed by atoms with van der Waals surface area (Å²) in [7, 11) is 0. The van der Waals surface area contributed by atoms with Crippen LogP contribution in [0, 0.1) is 0 Å². The summed E-state index contributed by atoms with van der Waals surface area (Å²) in [6.45, 7) is 0.0874. The molecule has 1 saturated heterocycles. The normalized spacial score (nSPS) is 13.5. The quantitative estimate of drug-likeness (QED) is 0.567. The standard InChI is InChI=1S/C20H19ClN2O4S/c1-28-15-5-2-4-14(11-15)22-18(24)12-27-20(26)16-8-7-13(21)10-17(16)23-9-3-6-19(23)25/h2,4-5,7-8,10-11H,3,6,9,12H2,1H3,(H,22,24). The lowest BCUT2D eigenvalue weighted by Gasteiger charge is -2.19. The van der Waals surface area contributed by atoms with Crippen molar-refractivity contribution in [3.63, 3.8) is 0 Å².